The van der Waals surface area contributed by atoms with E-state index in [-0.39, 0.29) is 5.43 Å². The summed E-state index contributed by atoms with van der Waals surface area (Å²) in [5, 5.41) is 10.8. The summed E-state index contributed by atoms with van der Waals surface area (Å²) in [5.74, 6) is 0. The van der Waals surface area contributed by atoms with E-state index in [0.29, 0.717) is 10.9 Å². The molecule has 3 aromatic rings. The van der Waals surface area contributed by atoms with Crippen molar-refractivity contribution < 1.29 is 0 Å². The molecule has 0 spiro atoms. The highest BCUT2D eigenvalue weighted by atomic mass is 16.1. The Balaban J connectivity index is 2.68. The molecule has 68 valence electrons. The number of fused-ring (bicyclic) bond motifs is 3. The van der Waals surface area contributed by atoms with Crippen molar-refractivity contribution in [1.29, 1.82) is 0 Å². The Kier molecular flexibility index (Phi) is 1.25. The largest absolute Gasteiger partial charge is 0.287 e. The highest BCUT2D eigenvalue weighted by molar-refractivity contribution is 6.03. The molecule has 0 aliphatic heterocycles. The van der Waals surface area contributed by atoms with Gasteiger partial charge in [-0.1, -0.05) is 0 Å². The lowest BCUT2D eigenvalue weighted by molar-refractivity contribution is 0.896. The monoisotopic (exact) mass is 186 g/mol. The van der Waals surface area contributed by atoms with Gasteiger partial charge in [-0.2, -0.15) is 5.10 Å². The molecule has 0 saturated heterocycles. The first-order valence-corrected chi connectivity index (χ1v) is 4.16. The van der Waals surface area contributed by atoms with Crippen LogP contribution in [0.1, 0.15) is 0 Å². The van der Waals surface area contributed by atoms with Crippen LogP contribution in [0.15, 0.2) is 29.3 Å². The van der Waals surface area contributed by atoms with E-state index in [9.17, 15) is 4.79 Å². The van der Waals surface area contributed by atoms with Gasteiger partial charge in [0.15, 0.2) is 0 Å². The number of hydrogen-bond donors (Lipinski definition) is 2. The van der Waals surface area contributed by atoms with Gasteiger partial charge in [-0.05, 0) is 12.1 Å². The first-order chi connectivity index (χ1) is 6.86. The Morgan fingerprint density at radius 3 is 3.00 bits per heavy atom. The smallest absolute Gasteiger partial charge is 0.206 e. The molecule has 0 amide bonds. The molecule has 0 saturated carbocycles. The molecule has 1 aromatic carbocycles. The number of benzene rings is 1. The van der Waals surface area contributed by atoms with Gasteiger partial charge in [-0.25, -0.2) is 5.21 Å². The summed E-state index contributed by atoms with van der Waals surface area (Å²) in [6, 6.07) is 3.59. The minimum absolute atomic E-state index is 0.0465. The Hall–Kier alpha value is -2.17. The third-order valence-corrected chi connectivity index (χ3v) is 2.24. The average molecular weight is 186 g/mol. The molecule has 0 aliphatic rings. The van der Waals surface area contributed by atoms with Crippen LogP contribution in [0.4, 0.5) is 0 Å². The molecule has 2 aromatic heterocycles. The van der Waals surface area contributed by atoms with Gasteiger partial charge in [0, 0.05) is 5.39 Å². The fourth-order valence-corrected chi connectivity index (χ4v) is 1.57. The first kappa shape index (κ1) is 7.25. The normalized spacial score (nSPS) is 11.1. The molecular weight excluding hydrogens is 180 g/mol. The zero-order valence-electron chi connectivity index (χ0n) is 7.11. The van der Waals surface area contributed by atoms with Crippen LogP contribution < -0.4 is 5.43 Å². The van der Waals surface area contributed by atoms with Crippen molar-refractivity contribution in [2.75, 3.05) is 0 Å². The SMILES string of the molecule is O=c1cnc2c1ccc1[nH][nH]ncc12. The van der Waals surface area contributed by atoms with Crippen LogP contribution in [-0.4, -0.2) is 20.4 Å². The molecule has 3 rings (SSSR count). The van der Waals surface area contributed by atoms with E-state index in [0.717, 1.165) is 10.9 Å². The predicted octanol–water partition coefficient (Wildman–Crippen LogP) is 0.799. The van der Waals surface area contributed by atoms with E-state index in [4.69, 9.17) is 0 Å². The number of nitrogens with zero attached hydrogens (tertiary/aromatic N) is 2. The maximum absolute atomic E-state index is 11.3. The van der Waals surface area contributed by atoms with Gasteiger partial charge in [0.1, 0.15) is 0 Å². The third-order valence-electron chi connectivity index (χ3n) is 2.24. The minimum Gasteiger partial charge on any atom is -0.287 e. The molecular formula is C9H6N4O. The molecule has 14 heavy (non-hydrogen) atoms. The van der Waals surface area contributed by atoms with Crippen LogP contribution >= 0.6 is 0 Å². The lowest BCUT2D eigenvalue weighted by Gasteiger charge is -1.96. The number of aromatic amines is 2. The Bertz CT molecular complexity index is 667. The molecule has 2 N–H and O–H groups in total. The number of H-pyrrole nitrogens is 2. The summed E-state index contributed by atoms with van der Waals surface area (Å²) < 4.78 is 0. The van der Waals surface area contributed by atoms with Crippen molar-refractivity contribution in [2.24, 2.45) is 0 Å². The van der Waals surface area contributed by atoms with E-state index in [1.165, 1.54) is 6.20 Å². The predicted molar refractivity (Wildman–Crippen MR) is 52.0 cm³/mol. The zero-order chi connectivity index (χ0) is 9.54. The number of nitrogens with one attached hydrogen (secondary N) is 2. The first-order valence-electron chi connectivity index (χ1n) is 4.16. The van der Waals surface area contributed by atoms with Gasteiger partial charge in [-0.3, -0.25) is 14.9 Å². The van der Waals surface area contributed by atoms with Crippen molar-refractivity contribution >= 4 is 21.8 Å². The quantitative estimate of drug-likeness (QED) is 0.545. The number of hydrogen-bond acceptors (Lipinski definition) is 3. The fourth-order valence-electron chi connectivity index (χ4n) is 1.57. The van der Waals surface area contributed by atoms with Crippen molar-refractivity contribution in [2.45, 2.75) is 0 Å². The van der Waals surface area contributed by atoms with Crippen molar-refractivity contribution in [1.82, 2.24) is 20.4 Å². The van der Waals surface area contributed by atoms with Crippen LogP contribution in [0, 0.1) is 0 Å². The highest BCUT2D eigenvalue weighted by Gasteiger charge is 2.05. The highest BCUT2D eigenvalue weighted by Crippen LogP contribution is 2.18. The Morgan fingerprint density at radius 1 is 1.14 bits per heavy atom. The van der Waals surface area contributed by atoms with E-state index in [2.05, 4.69) is 20.4 Å². The summed E-state index contributed by atoms with van der Waals surface area (Å²) in [4.78, 5) is 15.4. The summed E-state index contributed by atoms with van der Waals surface area (Å²) in [6.07, 6.45) is 2.99. The Labute approximate surface area is 77.8 Å². The number of rotatable bonds is 0. The topological polar surface area (TPSA) is 74.4 Å². The van der Waals surface area contributed by atoms with Gasteiger partial charge >= 0.3 is 0 Å². The van der Waals surface area contributed by atoms with E-state index >= 15 is 0 Å². The van der Waals surface area contributed by atoms with Gasteiger partial charge < -0.3 is 0 Å². The molecule has 0 unspecified atom stereocenters. The van der Waals surface area contributed by atoms with Gasteiger partial charge in [-0.15, -0.1) is 0 Å². The molecule has 0 atom stereocenters. The molecule has 0 fully saturated rings. The second-order valence-electron chi connectivity index (χ2n) is 3.04. The fraction of sp³-hybridized carbons (Fsp3) is 0. The summed E-state index contributed by atoms with van der Waals surface area (Å²) in [6.45, 7) is 0. The second kappa shape index (κ2) is 2.41. The standard InChI is InChI=1S/C9H6N4O/c14-8-4-10-9-5(8)1-2-7-6(9)3-11-13-12-7/h1-4,12-13H. The third kappa shape index (κ3) is 0.806. The van der Waals surface area contributed by atoms with Crippen molar-refractivity contribution in [3.63, 3.8) is 0 Å². The van der Waals surface area contributed by atoms with Crippen molar-refractivity contribution in [3.8, 4) is 0 Å². The molecule has 0 bridgehead atoms. The second-order valence-corrected chi connectivity index (χ2v) is 3.04. The molecule has 2 heterocycles. The minimum atomic E-state index is -0.0465. The van der Waals surface area contributed by atoms with Crippen LogP contribution in [-0.2, 0) is 0 Å². The van der Waals surface area contributed by atoms with Crippen LogP contribution in [0.5, 0.6) is 0 Å². The van der Waals surface area contributed by atoms with E-state index < -0.39 is 0 Å². The van der Waals surface area contributed by atoms with Crippen LogP contribution in [0.2, 0.25) is 0 Å². The lowest BCUT2D eigenvalue weighted by atomic mass is 10.2. The van der Waals surface area contributed by atoms with Gasteiger partial charge in [0.2, 0.25) is 5.43 Å². The Morgan fingerprint density at radius 2 is 2.07 bits per heavy atom. The van der Waals surface area contributed by atoms with Crippen LogP contribution in [0.25, 0.3) is 21.8 Å². The summed E-state index contributed by atoms with van der Waals surface area (Å²) in [7, 11) is 0. The maximum atomic E-state index is 11.3. The van der Waals surface area contributed by atoms with Gasteiger partial charge in [0.25, 0.3) is 0 Å². The summed E-state index contributed by atoms with van der Waals surface area (Å²) >= 11 is 0. The zero-order valence-corrected chi connectivity index (χ0v) is 7.11. The molecule has 0 radical (unpaired) electrons. The molecule has 5 nitrogen and oxygen atoms in total. The van der Waals surface area contributed by atoms with E-state index in [1.54, 1.807) is 12.3 Å². The van der Waals surface area contributed by atoms with Crippen LogP contribution in [0.3, 0.4) is 0 Å². The average Bonchev–Trinajstić information content (AvgIpc) is 2.61. The summed E-state index contributed by atoms with van der Waals surface area (Å²) in [5.41, 5.74) is 1.53. The molecule has 5 heteroatoms. The lowest BCUT2D eigenvalue weighted by Crippen LogP contribution is -1.92. The van der Waals surface area contributed by atoms with E-state index in [1.807, 2.05) is 6.07 Å². The van der Waals surface area contributed by atoms with Crippen molar-refractivity contribution in [3.05, 3.63) is 34.7 Å². The maximum Gasteiger partial charge on any atom is 0.206 e. The van der Waals surface area contributed by atoms with Gasteiger partial charge in [0.05, 0.1) is 28.8 Å². The molecule has 0 aliphatic carbocycles. The number of aromatic nitrogens is 4.